The third kappa shape index (κ3) is 4.91. The van der Waals surface area contributed by atoms with Crippen LogP contribution in [0.4, 0.5) is 0 Å². The number of nitrogens with zero attached hydrogens (tertiary/aromatic N) is 1. The highest BCUT2D eigenvalue weighted by atomic mass is 16.5. The highest BCUT2D eigenvalue weighted by Crippen LogP contribution is 2.09. The predicted molar refractivity (Wildman–Crippen MR) is 75.2 cm³/mol. The van der Waals surface area contributed by atoms with Crippen molar-refractivity contribution < 1.29 is 9.53 Å². The van der Waals surface area contributed by atoms with Crippen LogP contribution in [0.3, 0.4) is 0 Å². The number of hydrogen-bond donors (Lipinski definition) is 1. The molecule has 2 rings (SSSR count). The van der Waals surface area contributed by atoms with Crippen LogP contribution in [0.2, 0.25) is 0 Å². The normalized spacial score (nSPS) is 15.9. The quantitative estimate of drug-likeness (QED) is 0.821. The third-order valence-electron chi connectivity index (χ3n) is 3.24. The van der Waals surface area contributed by atoms with Gasteiger partial charge >= 0.3 is 0 Å². The van der Waals surface area contributed by atoms with E-state index in [2.05, 4.69) is 5.32 Å². The first kappa shape index (κ1) is 13.9. The maximum atomic E-state index is 12.0. The summed E-state index contributed by atoms with van der Waals surface area (Å²) in [7, 11) is 0. The van der Waals surface area contributed by atoms with Crippen molar-refractivity contribution >= 4 is 5.91 Å². The minimum Gasteiger partial charge on any atom is -0.494 e. The summed E-state index contributed by atoms with van der Waals surface area (Å²) in [5.41, 5.74) is 0. The predicted octanol–water partition coefficient (Wildman–Crippen LogP) is 1.67. The fraction of sp³-hybridized carbons (Fsp3) is 0.533. The van der Waals surface area contributed by atoms with Crippen LogP contribution in [0.1, 0.15) is 19.3 Å². The Labute approximate surface area is 114 Å². The van der Waals surface area contributed by atoms with Gasteiger partial charge in [0.05, 0.1) is 6.61 Å². The van der Waals surface area contributed by atoms with Gasteiger partial charge in [-0.3, -0.25) is 4.79 Å². The van der Waals surface area contributed by atoms with Crippen molar-refractivity contribution in [3.8, 4) is 5.75 Å². The molecule has 1 N–H and O–H groups in total. The van der Waals surface area contributed by atoms with Crippen LogP contribution in [0.25, 0.3) is 0 Å². The average molecular weight is 262 g/mol. The van der Waals surface area contributed by atoms with Gasteiger partial charge in [0, 0.05) is 26.1 Å². The minimum atomic E-state index is 0.250. The van der Waals surface area contributed by atoms with E-state index in [-0.39, 0.29) is 5.91 Å². The van der Waals surface area contributed by atoms with Crippen LogP contribution in [0.5, 0.6) is 5.75 Å². The van der Waals surface area contributed by atoms with Crippen molar-refractivity contribution in [2.24, 2.45) is 0 Å². The molecule has 1 aromatic rings. The van der Waals surface area contributed by atoms with Gasteiger partial charge in [0.15, 0.2) is 0 Å². The number of carbonyl (C=O) groups excluding carboxylic acids is 1. The topological polar surface area (TPSA) is 41.6 Å². The van der Waals surface area contributed by atoms with Gasteiger partial charge in [-0.05, 0) is 31.5 Å². The molecule has 0 spiro atoms. The lowest BCUT2D eigenvalue weighted by molar-refractivity contribution is -0.131. The average Bonchev–Trinajstić information content (AvgIpc) is 2.73. The smallest absolute Gasteiger partial charge is 0.222 e. The lowest BCUT2D eigenvalue weighted by Gasteiger charge is -2.19. The lowest BCUT2D eigenvalue weighted by atomic mass is 10.2. The Kier molecular flexibility index (Phi) is 5.69. The number of rotatable bonds is 5. The van der Waals surface area contributed by atoms with E-state index in [0.29, 0.717) is 13.0 Å². The van der Waals surface area contributed by atoms with Gasteiger partial charge < -0.3 is 15.0 Å². The van der Waals surface area contributed by atoms with Crippen molar-refractivity contribution in [1.29, 1.82) is 0 Å². The number of hydrogen-bond acceptors (Lipinski definition) is 3. The van der Waals surface area contributed by atoms with E-state index < -0.39 is 0 Å². The first-order chi connectivity index (χ1) is 9.36. The summed E-state index contributed by atoms with van der Waals surface area (Å²) in [4.78, 5) is 14.0. The van der Waals surface area contributed by atoms with Crippen molar-refractivity contribution in [2.75, 3.05) is 32.8 Å². The van der Waals surface area contributed by atoms with Crippen molar-refractivity contribution in [3.05, 3.63) is 30.3 Å². The lowest BCUT2D eigenvalue weighted by Crippen LogP contribution is -2.34. The maximum absolute atomic E-state index is 12.0. The summed E-state index contributed by atoms with van der Waals surface area (Å²) in [6.45, 7) is 4.23. The summed E-state index contributed by atoms with van der Waals surface area (Å²) in [5.74, 6) is 1.12. The van der Waals surface area contributed by atoms with Crippen molar-refractivity contribution in [2.45, 2.75) is 19.3 Å². The number of carbonyl (C=O) groups is 1. The first-order valence-electron chi connectivity index (χ1n) is 7.02. The second-order valence-corrected chi connectivity index (χ2v) is 4.75. The van der Waals surface area contributed by atoms with Crippen molar-refractivity contribution in [3.63, 3.8) is 0 Å². The van der Waals surface area contributed by atoms with Gasteiger partial charge in [-0.1, -0.05) is 18.2 Å². The number of amides is 1. The van der Waals surface area contributed by atoms with E-state index in [1.54, 1.807) is 0 Å². The van der Waals surface area contributed by atoms with E-state index in [9.17, 15) is 4.79 Å². The monoisotopic (exact) mass is 262 g/mol. The molecule has 0 aromatic heterocycles. The highest BCUT2D eigenvalue weighted by molar-refractivity contribution is 5.76. The van der Waals surface area contributed by atoms with E-state index in [1.165, 1.54) is 0 Å². The van der Waals surface area contributed by atoms with E-state index in [4.69, 9.17) is 4.74 Å². The van der Waals surface area contributed by atoms with Crippen LogP contribution >= 0.6 is 0 Å². The Morgan fingerprint density at radius 3 is 2.89 bits per heavy atom. The van der Waals surface area contributed by atoms with Gasteiger partial charge in [-0.2, -0.15) is 0 Å². The van der Waals surface area contributed by atoms with E-state index in [1.807, 2.05) is 35.2 Å². The standard InChI is InChI=1S/C15H22N2O2/c18-15(17-11-5-9-16-10-12-17)8-4-13-19-14-6-2-1-3-7-14/h1-3,6-7,16H,4-5,8-13H2. The number of para-hydroxylation sites is 1. The van der Waals surface area contributed by atoms with Crippen LogP contribution in [-0.2, 0) is 4.79 Å². The Bertz CT molecular complexity index is 373. The summed E-state index contributed by atoms with van der Waals surface area (Å²) in [6, 6.07) is 9.73. The Morgan fingerprint density at radius 2 is 2.05 bits per heavy atom. The zero-order chi connectivity index (χ0) is 13.3. The fourth-order valence-corrected chi connectivity index (χ4v) is 2.18. The molecule has 0 saturated carbocycles. The Morgan fingerprint density at radius 1 is 1.21 bits per heavy atom. The second-order valence-electron chi connectivity index (χ2n) is 4.75. The molecule has 4 heteroatoms. The third-order valence-corrected chi connectivity index (χ3v) is 3.24. The van der Waals surface area contributed by atoms with E-state index in [0.717, 1.165) is 44.8 Å². The molecule has 1 aliphatic heterocycles. The zero-order valence-electron chi connectivity index (χ0n) is 11.3. The zero-order valence-corrected chi connectivity index (χ0v) is 11.3. The minimum absolute atomic E-state index is 0.250. The van der Waals surface area contributed by atoms with Gasteiger partial charge in [-0.15, -0.1) is 0 Å². The molecule has 1 heterocycles. The number of benzene rings is 1. The molecule has 104 valence electrons. The number of ether oxygens (including phenoxy) is 1. The number of nitrogens with one attached hydrogen (secondary N) is 1. The molecule has 0 radical (unpaired) electrons. The first-order valence-corrected chi connectivity index (χ1v) is 7.02. The molecule has 19 heavy (non-hydrogen) atoms. The molecule has 1 amide bonds. The van der Waals surface area contributed by atoms with Crippen molar-refractivity contribution in [1.82, 2.24) is 10.2 Å². The Balaban J connectivity index is 1.63. The fourth-order valence-electron chi connectivity index (χ4n) is 2.18. The molecule has 0 atom stereocenters. The molecule has 1 aromatic carbocycles. The summed E-state index contributed by atoms with van der Waals surface area (Å²) in [5, 5.41) is 3.30. The molecule has 0 bridgehead atoms. The molecule has 1 saturated heterocycles. The molecule has 1 fully saturated rings. The SMILES string of the molecule is O=C(CCCOc1ccccc1)N1CCCNCC1. The Hall–Kier alpha value is -1.55. The van der Waals surface area contributed by atoms with Gasteiger partial charge in [-0.25, -0.2) is 0 Å². The van der Waals surface area contributed by atoms with Gasteiger partial charge in [0.2, 0.25) is 5.91 Å². The second kappa shape index (κ2) is 7.79. The summed E-state index contributed by atoms with van der Waals surface area (Å²) in [6.07, 6.45) is 2.40. The van der Waals surface area contributed by atoms with Crippen LogP contribution in [0.15, 0.2) is 30.3 Å². The van der Waals surface area contributed by atoms with Gasteiger partial charge in [0.1, 0.15) is 5.75 Å². The molecule has 4 nitrogen and oxygen atoms in total. The summed E-state index contributed by atoms with van der Waals surface area (Å²) < 4.78 is 5.59. The van der Waals surface area contributed by atoms with E-state index >= 15 is 0 Å². The van der Waals surface area contributed by atoms with Crippen LogP contribution < -0.4 is 10.1 Å². The van der Waals surface area contributed by atoms with Crippen LogP contribution in [-0.4, -0.2) is 43.6 Å². The summed E-state index contributed by atoms with van der Waals surface area (Å²) >= 11 is 0. The molecular formula is C15H22N2O2. The largest absolute Gasteiger partial charge is 0.494 e. The molecule has 1 aliphatic rings. The molecule has 0 aliphatic carbocycles. The van der Waals surface area contributed by atoms with Crippen LogP contribution in [0, 0.1) is 0 Å². The highest BCUT2D eigenvalue weighted by Gasteiger charge is 2.14. The van der Waals surface area contributed by atoms with Gasteiger partial charge in [0.25, 0.3) is 0 Å². The molecule has 0 unspecified atom stereocenters. The maximum Gasteiger partial charge on any atom is 0.222 e. The molecular weight excluding hydrogens is 240 g/mol.